The Morgan fingerprint density at radius 2 is 1.39 bits per heavy atom. The van der Waals surface area contributed by atoms with Gasteiger partial charge >= 0.3 is 0 Å². The Bertz CT molecular complexity index is 911. The van der Waals surface area contributed by atoms with E-state index in [2.05, 4.69) is 96.8 Å². The van der Waals surface area contributed by atoms with Crippen LogP contribution in [0.3, 0.4) is 0 Å². The Labute approximate surface area is 202 Å². The maximum absolute atomic E-state index is 2.67. The van der Waals surface area contributed by atoms with Gasteiger partial charge in [0.15, 0.2) is 0 Å². The summed E-state index contributed by atoms with van der Waals surface area (Å²) in [6.45, 7) is 9.25. The first-order valence-corrected chi connectivity index (χ1v) is 13.4. The number of imidazole rings is 1. The van der Waals surface area contributed by atoms with Crippen molar-refractivity contribution in [3.63, 3.8) is 0 Å². The molecular weight excluding hydrogens is 400 g/mol. The summed E-state index contributed by atoms with van der Waals surface area (Å²) in [5, 5.41) is 0. The summed E-state index contributed by atoms with van der Waals surface area (Å²) >= 11 is 0. The van der Waals surface area contributed by atoms with Crippen LogP contribution >= 0.6 is 0 Å². The molecule has 0 aliphatic rings. The lowest BCUT2D eigenvalue weighted by Crippen LogP contribution is -2.41. The van der Waals surface area contributed by atoms with E-state index in [-0.39, 0.29) is 0 Å². The van der Waals surface area contributed by atoms with Crippen molar-refractivity contribution in [3.8, 4) is 0 Å². The van der Waals surface area contributed by atoms with Crippen molar-refractivity contribution in [1.82, 2.24) is 4.57 Å². The Hall–Kier alpha value is -2.35. The van der Waals surface area contributed by atoms with Gasteiger partial charge in [0.1, 0.15) is 11.9 Å². The molecule has 0 aliphatic heterocycles. The molecule has 1 atom stereocenters. The van der Waals surface area contributed by atoms with Crippen molar-refractivity contribution in [2.24, 2.45) is 0 Å². The molecule has 2 nitrogen and oxygen atoms in total. The lowest BCUT2D eigenvalue weighted by molar-refractivity contribution is -0.710. The van der Waals surface area contributed by atoms with Crippen molar-refractivity contribution in [2.45, 2.75) is 104 Å². The number of aryl methyl sites for hydroxylation is 1. The lowest BCUT2D eigenvalue weighted by Gasteiger charge is -2.12. The number of benzene rings is 2. The number of aromatic nitrogens is 2. The van der Waals surface area contributed by atoms with Gasteiger partial charge in [0.2, 0.25) is 0 Å². The van der Waals surface area contributed by atoms with Crippen LogP contribution in [0.25, 0.3) is 0 Å². The topological polar surface area (TPSA) is 8.81 Å². The molecule has 3 rings (SSSR count). The summed E-state index contributed by atoms with van der Waals surface area (Å²) in [6, 6.07) is 22.0. The predicted octanol–water partition coefficient (Wildman–Crippen LogP) is 7.87. The van der Waals surface area contributed by atoms with E-state index in [1.54, 1.807) is 0 Å². The Balaban J connectivity index is 1.88. The second-order valence-electron chi connectivity index (χ2n) is 9.68. The highest BCUT2D eigenvalue weighted by molar-refractivity contribution is 5.21. The number of hydrogen-bond acceptors (Lipinski definition) is 0. The van der Waals surface area contributed by atoms with Gasteiger partial charge in [-0.15, -0.1) is 0 Å². The van der Waals surface area contributed by atoms with Crippen LogP contribution in [0.4, 0.5) is 0 Å². The van der Waals surface area contributed by atoms with Crippen molar-refractivity contribution in [1.29, 1.82) is 0 Å². The molecule has 1 unspecified atom stereocenters. The fourth-order valence-electron chi connectivity index (χ4n) is 4.87. The highest BCUT2D eigenvalue weighted by Gasteiger charge is 2.24. The SMILES string of the molecule is CCCCCCCn1cc(CC(C)c2ccccc2)[n+](CCCCC)c1Cc1ccccc1. The van der Waals surface area contributed by atoms with E-state index in [0.29, 0.717) is 5.92 Å². The zero-order chi connectivity index (χ0) is 23.3. The van der Waals surface area contributed by atoms with E-state index in [1.807, 2.05) is 0 Å². The van der Waals surface area contributed by atoms with Crippen LogP contribution in [0.5, 0.6) is 0 Å². The zero-order valence-corrected chi connectivity index (χ0v) is 21.3. The maximum atomic E-state index is 2.67. The molecule has 0 bridgehead atoms. The van der Waals surface area contributed by atoms with Gasteiger partial charge in [-0.25, -0.2) is 9.13 Å². The van der Waals surface area contributed by atoms with E-state index in [0.717, 1.165) is 25.9 Å². The van der Waals surface area contributed by atoms with E-state index in [4.69, 9.17) is 0 Å². The van der Waals surface area contributed by atoms with Crippen molar-refractivity contribution in [3.05, 3.63) is 89.5 Å². The van der Waals surface area contributed by atoms with Gasteiger partial charge in [0.05, 0.1) is 19.5 Å². The van der Waals surface area contributed by atoms with Crippen LogP contribution in [0, 0.1) is 0 Å². The summed E-state index contributed by atoms with van der Waals surface area (Å²) in [5.41, 5.74) is 4.35. The van der Waals surface area contributed by atoms with Crippen LogP contribution in [-0.4, -0.2) is 4.57 Å². The molecule has 2 aromatic carbocycles. The Kier molecular flexibility index (Phi) is 10.7. The largest absolute Gasteiger partial charge is 0.261 e. The first-order valence-electron chi connectivity index (χ1n) is 13.4. The minimum Gasteiger partial charge on any atom is -0.234 e. The number of rotatable bonds is 15. The summed E-state index contributed by atoms with van der Waals surface area (Å²) < 4.78 is 5.27. The van der Waals surface area contributed by atoms with Crippen LogP contribution in [0.1, 0.15) is 101 Å². The molecule has 33 heavy (non-hydrogen) atoms. The van der Waals surface area contributed by atoms with Crippen molar-refractivity contribution >= 4 is 0 Å². The lowest BCUT2D eigenvalue weighted by atomic mass is 9.96. The maximum Gasteiger partial charge on any atom is 0.261 e. The molecule has 0 fully saturated rings. The zero-order valence-electron chi connectivity index (χ0n) is 21.3. The van der Waals surface area contributed by atoms with Crippen LogP contribution in [0.15, 0.2) is 66.9 Å². The van der Waals surface area contributed by atoms with Gasteiger partial charge in [-0.05, 0) is 42.7 Å². The first-order chi connectivity index (χ1) is 16.2. The van der Waals surface area contributed by atoms with E-state index >= 15 is 0 Å². The highest BCUT2D eigenvalue weighted by Crippen LogP contribution is 2.21. The van der Waals surface area contributed by atoms with Crippen LogP contribution in [-0.2, 0) is 25.9 Å². The molecular formula is C31H45N2+. The molecule has 178 valence electrons. The molecule has 0 spiro atoms. The van der Waals surface area contributed by atoms with Crippen LogP contribution < -0.4 is 4.57 Å². The highest BCUT2D eigenvalue weighted by atomic mass is 15.2. The Morgan fingerprint density at radius 1 is 0.758 bits per heavy atom. The number of nitrogens with zero attached hydrogens (tertiary/aromatic N) is 2. The molecule has 0 saturated heterocycles. The summed E-state index contributed by atoms with van der Waals surface area (Å²) in [4.78, 5) is 0. The van der Waals surface area contributed by atoms with Gasteiger partial charge in [-0.1, -0.05) is 107 Å². The van der Waals surface area contributed by atoms with Gasteiger partial charge in [0.25, 0.3) is 5.82 Å². The third kappa shape index (κ3) is 7.88. The molecule has 0 saturated carbocycles. The first kappa shape index (κ1) is 25.3. The summed E-state index contributed by atoms with van der Waals surface area (Å²) in [6.07, 6.45) is 15.1. The fourth-order valence-corrected chi connectivity index (χ4v) is 4.87. The average molecular weight is 446 g/mol. The molecule has 0 N–H and O–H groups in total. The molecule has 2 heteroatoms. The standard InChI is InChI=1S/C31H45N2/c1-4-6-8-9-17-22-32-26-30(24-27(3)29-20-14-11-15-21-29)33(23-16-7-5-2)31(32)25-28-18-12-10-13-19-28/h10-15,18-21,26-27H,4-9,16-17,22-25H2,1-3H3/q+1. The molecule has 0 radical (unpaired) electrons. The second kappa shape index (κ2) is 14.0. The normalized spacial score (nSPS) is 12.2. The minimum absolute atomic E-state index is 0.522. The average Bonchev–Trinajstić information content (AvgIpc) is 3.16. The van der Waals surface area contributed by atoms with Gasteiger partial charge < -0.3 is 0 Å². The van der Waals surface area contributed by atoms with E-state index < -0.39 is 0 Å². The third-order valence-corrected chi connectivity index (χ3v) is 6.87. The second-order valence-corrected chi connectivity index (χ2v) is 9.68. The summed E-state index contributed by atoms with van der Waals surface area (Å²) in [5.74, 6) is 2.01. The quantitative estimate of drug-likeness (QED) is 0.166. The summed E-state index contributed by atoms with van der Waals surface area (Å²) in [7, 11) is 0. The molecule has 0 aliphatic carbocycles. The number of hydrogen-bond donors (Lipinski definition) is 0. The van der Waals surface area contributed by atoms with E-state index in [1.165, 1.54) is 74.0 Å². The Morgan fingerprint density at radius 3 is 2.09 bits per heavy atom. The van der Waals surface area contributed by atoms with Gasteiger partial charge in [0, 0.05) is 6.42 Å². The van der Waals surface area contributed by atoms with E-state index in [9.17, 15) is 0 Å². The van der Waals surface area contributed by atoms with Crippen molar-refractivity contribution in [2.75, 3.05) is 0 Å². The minimum atomic E-state index is 0.522. The fraction of sp³-hybridized carbons (Fsp3) is 0.516. The molecule has 0 amide bonds. The molecule has 1 heterocycles. The van der Waals surface area contributed by atoms with Crippen molar-refractivity contribution < 1.29 is 4.57 Å². The molecule has 3 aromatic rings. The smallest absolute Gasteiger partial charge is 0.234 e. The van der Waals surface area contributed by atoms with Gasteiger partial charge in [-0.3, -0.25) is 0 Å². The van der Waals surface area contributed by atoms with Crippen LogP contribution in [0.2, 0.25) is 0 Å². The van der Waals surface area contributed by atoms with Gasteiger partial charge in [-0.2, -0.15) is 0 Å². The predicted molar refractivity (Wildman–Crippen MR) is 141 cm³/mol. The molecule has 1 aromatic heterocycles. The third-order valence-electron chi connectivity index (χ3n) is 6.87. The monoisotopic (exact) mass is 445 g/mol. The number of unbranched alkanes of at least 4 members (excludes halogenated alkanes) is 6.